The first-order valence-electron chi connectivity index (χ1n) is 8.72. The summed E-state index contributed by atoms with van der Waals surface area (Å²) in [5.41, 5.74) is -1.74. The highest BCUT2D eigenvalue weighted by Gasteiger charge is 2.45. The molecular weight excluding hydrogens is 469 g/mol. The van der Waals surface area contributed by atoms with Gasteiger partial charge in [0.1, 0.15) is 17.7 Å². The van der Waals surface area contributed by atoms with E-state index in [2.05, 4.69) is 4.98 Å². The van der Waals surface area contributed by atoms with Gasteiger partial charge in [0.15, 0.2) is 5.82 Å². The number of rotatable bonds is 3. The van der Waals surface area contributed by atoms with Crippen LogP contribution in [0.3, 0.4) is 0 Å². The molecule has 31 heavy (non-hydrogen) atoms. The molecule has 1 atom stereocenters. The van der Waals surface area contributed by atoms with E-state index in [0.717, 1.165) is 19.2 Å². The van der Waals surface area contributed by atoms with Gasteiger partial charge in [-0.05, 0) is 31.5 Å². The minimum Gasteiger partial charge on any atom is -0.310 e. The van der Waals surface area contributed by atoms with Gasteiger partial charge in [0.25, 0.3) is 5.91 Å². The standard InChI is InChI=1S/C18H15ClF5N3O3S/c1-9-5-10(18(22,23)24)6-15(25-9)27-14(3-4-31(27,29)30)17(28)26(2)16-12(19)7-11(20)8-13(16)21/h5-8,14H,3-4H2,1-2H3/t14-/m0/s1. The number of carbonyl (C=O) groups is 1. The van der Waals surface area contributed by atoms with E-state index >= 15 is 0 Å². The van der Waals surface area contributed by atoms with Gasteiger partial charge in [-0.3, -0.25) is 4.79 Å². The second-order valence-electron chi connectivity index (χ2n) is 6.88. The Balaban J connectivity index is 2.06. The molecule has 1 fully saturated rings. The first kappa shape index (κ1) is 23.2. The van der Waals surface area contributed by atoms with E-state index in [1.807, 2.05) is 0 Å². The van der Waals surface area contributed by atoms with E-state index in [4.69, 9.17) is 11.6 Å². The van der Waals surface area contributed by atoms with Crippen molar-refractivity contribution in [2.75, 3.05) is 22.0 Å². The van der Waals surface area contributed by atoms with Gasteiger partial charge in [0.2, 0.25) is 10.0 Å². The van der Waals surface area contributed by atoms with Crippen LogP contribution in [0.4, 0.5) is 33.5 Å². The lowest BCUT2D eigenvalue weighted by atomic mass is 10.1. The maximum atomic E-state index is 14.2. The van der Waals surface area contributed by atoms with E-state index < -0.39 is 67.6 Å². The minimum absolute atomic E-state index is 0.112. The van der Waals surface area contributed by atoms with Crippen LogP contribution in [0, 0.1) is 18.6 Å². The van der Waals surface area contributed by atoms with E-state index in [9.17, 15) is 35.2 Å². The molecule has 13 heteroatoms. The lowest BCUT2D eigenvalue weighted by Crippen LogP contribution is -2.46. The Hall–Kier alpha value is -2.47. The molecule has 0 saturated carbocycles. The quantitative estimate of drug-likeness (QED) is 0.621. The van der Waals surface area contributed by atoms with Gasteiger partial charge in [-0.25, -0.2) is 26.5 Å². The number of anilines is 2. The molecule has 0 bridgehead atoms. The topological polar surface area (TPSA) is 70.6 Å². The zero-order valence-corrected chi connectivity index (χ0v) is 17.6. The molecule has 168 valence electrons. The summed E-state index contributed by atoms with van der Waals surface area (Å²) in [4.78, 5) is 17.6. The van der Waals surface area contributed by atoms with E-state index in [0.29, 0.717) is 21.3 Å². The van der Waals surface area contributed by atoms with Crippen molar-refractivity contribution in [3.63, 3.8) is 0 Å². The molecule has 1 amide bonds. The summed E-state index contributed by atoms with van der Waals surface area (Å²) in [5, 5.41) is -0.436. The number of carbonyl (C=O) groups excluding carboxylic acids is 1. The molecule has 0 radical (unpaired) electrons. The molecule has 1 aliphatic heterocycles. The van der Waals surface area contributed by atoms with Crippen LogP contribution in [0.15, 0.2) is 24.3 Å². The van der Waals surface area contributed by atoms with Crippen LogP contribution in [-0.4, -0.2) is 38.2 Å². The number of benzene rings is 1. The average Bonchev–Trinajstić information content (AvgIpc) is 2.93. The first-order chi connectivity index (χ1) is 14.2. The molecule has 6 nitrogen and oxygen atoms in total. The van der Waals surface area contributed by atoms with Crippen LogP contribution in [0.1, 0.15) is 17.7 Å². The first-order valence-corrected chi connectivity index (χ1v) is 10.7. The van der Waals surface area contributed by atoms with Gasteiger partial charge in [0, 0.05) is 18.8 Å². The summed E-state index contributed by atoms with van der Waals surface area (Å²) >= 11 is 5.84. The Morgan fingerprint density at radius 1 is 1.23 bits per heavy atom. The minimum atomic E-state index is -4.77. The van der Waals surface area contributed by atoms with Crippen LogP contribution in [0.2, 0.25) is 5.02 Å². The van der Waals surface area contributed by atoms with Crippen LogP contribution < -0.4 is 9.21 Å². The summed E-state index contributed by atoms with van der Waals surface area (Å²) in [6.07, 6.45) is -5.05. The van der Waals surface area contributed by atoms with Crippen molar-refractivity contribution >= 4 is 39.0 Å². The maximum Gasteiger partial charge on any atom is 0.416 e. The second kappa shape index (κ2) is 7.90. The van der Waals surface area contributed by atoms with Crippen LogP contribution in [-0.2, 0) is 21.0 Å². The van der Waals surface area contributed by atoms with Gasteiger partial charge in [-0.15, -0.1) is 0 Å². The molecule has 3 rings (SSSR count). The number of aryl methyl sites for hydroxylation is 1. The number of amides is 1. The SMILES string of the molecule is Cc1cc(C(F)(F)F)cc(N2[C@H](C(=O)N(C)c3c(F)cc(F)cc3Cl)CCS2(=O)=O)n1. The number of pyridine rings is 1. The lowest BCUT2D eigenvalue weighted by molar-refractivity contribution is -0.137. The van der Waals surface area contributed by atoms with Crippen molar-refractivity contribution in [3.8, 4) is 0 Å². The number of alkyl halides is 3. The molecule has 0 N–H and O–H groups in total. The number of halogens is 6. The smallest absolute Gasteiger partial charge is 0.310 e. The van der Waals surface area contributed by atoms with Crippen molar-refractivity contribution in [1.82, 2.24) is 4.98 Å². The van der Waals surface area contributed by atoms with E-state index in [1.165, 1.54) is 6.92 Å². The van der Waals surface area contributed by atoms with Crippen LogP contribution in [0.25, 0.3) is 0 Å². The normalized spacial score (nSPS) is 18.3. The third kappa shape index (κ3) is 4.45. The van der Waals surface area contributed by atoms with Crippen LogP contribution in [0.5, 0.6) is 0 Å². The summed E-state index contributed by atoms with van der Waals surface area (Å²) in [5.74, 6) is -4.23. The molecule has 2 aromatic rings. The van der Waals surface area contributed by atoms with E-state index in [1.54, 1.807) is 0 Å². The summed E-state index contributed by atoms with van der Waals surface area (Å²) in [6.45, 7) is 1.25. The fourth-order valence-corrected chi connectivity index (χ4v) is 5.31. The predicted octanol–water partition coefficient (Wildman–Crippen LogP) is 3.91. The number of likely N-dealkylation sites (N-methyl/N-ethyl adjacent to an activating group) is 1. The summed E-state index contributed by atoms with van der Waals surface area (Å²) in [6, 6.07) is 1.03. The van der Waals surface area contributed by atoms with Crippen molar-refractivity contribution < 1.29 is 35.2 Å². The highest BCUT2D eigenvalue weighted by Crippen LogP contribution is 2.36. The molecule has 2 heterocycles. The Morgan fingerprint density at radius 2 is 1.87 bits per heavy atom. The number of aromatic nitrogens is 1. The average molecular weight is 484 g/mol. The van der Waals surface area contributed by atoms with Gasteiger partial charge in [-0.1, -0.05) is 11.6 Å². The molecule has 1 aromatic heterocycles. The third-order valence-electron chi connectivity index (χ3n) is 4.66. The predicted molar refractivity (Wildman–Crippen MR) is 103 cm³/mol. The fraction of sp³-hybridized carbons (Fsp3) is 0.333. The van der Waals surface area contributed by atoms with Gasteiger partial charge >= 0.3 is 6.18 Å². The highest BCUT2D eigenvalue weighted by atomic mass is 35.5. The summed E-state index contributed by atoms with van der Waals surface area (Å²) in [7, 11) is -3.09. The monoisotopic (exact) mass is 483 g/mol. The molecular formula is C18H15ClF5N3O3S. The van der Waals surface area contributed by atoms with Crippen molar-refractivity contribution in [1.29, 1.82) is 0 Å². The Morgan fingerprint density at radius 3 is 2.45 bits per heavy atom. The maximum absolute atomic E-state index is 14.2. The molecule has 1 aromatic carbocycles. The largest absolute Gasteiger partial charge is 0.416 e. The van der Waals surface area contributed by atoms with Crippen molar-refractivity contribution in [3.05, 3.63) is 52.2 Å². The van der Waals surface area contributed by atoms with Gasteiger partial charge < -0.3 is 4.90 Å². The number of nitrogens with zero attached hydrogens (tertiary/aromatic N) is 3. The second-order valence-corrected chi connectivity index (χ2v) is 9.26. The Kier molecular flexibility index (Phi) is 5.91. The molecule has 0 spiro atoms. The third-order valence-corrected chi connectivity index (χ3v) is 6.74. The van der Waals surface area contributed by atoms with Gasteiger partial charge in [0.05, 0.1) is 22.0 Å². The van der Waals surface area contributed by atoms with E-state index in [-0.39, 0.29) is 12.1 Å². The molecule has 1 aliphatic rings. The summed E-state index contributed by atoms with van der Waals surface area (Å²) < 4.78 is 92.8. The molecule has 0 aliphatic carbocycles. The fourth-order valence-electron chi connectivity index (χ4n) is 3.31. The Labute approximate surface area is 179 Å². The highest BCUT2D eigenvalue weighted by molar-refractivity contribution is 7.93. The molecule has 1 saturated heterocycles. The number of sulfonamides is 1. The van der Waals surface area contributed by atoms with Crippen molar-refractivity contribution in [2.24, 2.45) is 0 Å². The zero-order chi connectivity index (χ0) is 23.3. The number of hydrogen-bond donors (Lipinski definition) is 0. The molecule has 0 unspecified atom stereocenters. The number of hydrogen-bond acceptors (Lipinski definition) is 4. The lowest BCUT2D eigenvalue weighted by Gasteiger charge is -2.28. The van der Waals surface area contributed by atoms with Crippen LogP contribution >= 0.6 is 11.6 Å². The van der Waals surface area contributed by atoms with Gasteiger partial charge in [-0.2, -0.15) is 13.2 Å². The van der Waals surface area contributed by atoms with Crippen molar-refractivity contribution in [2.45, 2.75) is 25.6 Å². The Bertz CT molecular complexity index is 1130. The zero-order valence-electron chi connectivity index (χ0n) is 16.0.